The van der Waals surface area contributed by atoms with E-state index in [9.17, 15) is 5.11 Å². The van der Waals surface area contributed by atoms with Gasteiger partial charge in [-0.2, -0.15) is 0 Å². The van der Waals surface area contributed by atoms with E-state index in [4.69, 9.17) is 5.73 Å². The van der Waals surface area contributed by atoms with Crippen LogP contribution in [0.25, 0.3) is 0 Å². The van der Waals surface area contributed by atoms with Gasteiger partial charge >= 0.3 is 0 Å². The van der Waals surface area contributed by atoms with Gasteiger partial charge in [-0.25, -0.2) is 0 Å². The number of hydrogen-bond acceptors (Lipinski definition) is 5. The van der Waals surface area contributed by atoms with Crippen LogP contribution in [0.3, 0.4) is 0 Å². The summed E-state index contributed by atoms with van der Waals surface area (Å²) in [5, 5.41) is 9.20. The minimum Gasteiger partial charge on any atom is -0.397 e. The van der Waals surface area contributed by atoms with Crippen LogP contribution < -0.4 is 15.4 Å². The van der Waals surface area contributed by atoms with Crippen molar-refractivity contribution in [3.63, 3.8) is 0 Å². The highest BCUT2D eigenvalue weighted by Gasteiger charge is 2.23. The van der Waals surface area contributed by atoms with E-state index in [1.165, 1.54) is 12.8 Å². The van der Waals surface area contributed by atoms with Crippen molar-refractivity contribution < 1.29 is 5.11 Å². The molecule has 5 heteroatoms. The average Bonchev–Trinajstić information content (AvgIpc) is 2.41. The normalized spacial score (nSPS) is 19.7. The lowest BCUT2D eigenvalue weighted by Gasteiger charge is -2.38. The smallest absolute Gasteiger partial charge is 0.0603 e. The maximum absolute atomic E-state index is 9.20. The van der Waals surface area contributed by atoms with E-state index < -0.39 is 0 Å². The van der Waals surface area contributed by atoms with E-state index in [-0.39, 0.29) is 6.61 Å². The van der Waals surface area contributed by atoms with Crippen molar-refractivity contribution in [2.45, 2.75) is 36.6 Å². The third kappa shape index (κ3) is 3.55. The molecular weight excluding hydrogens is 258 g/mol. The van der Waals surface area contributed by atoms with Crippen LogP contribution >= 0.6 is 11.9 Å². The van der Waals surface area contributed by atoms with Crippen LogP contribution in [0.4, 0.5) is 11.4 Å². The first-order valence-corrected chi connectivity index (χ1v) is 7.68. The van der Waals surface area contributed by atoms with Crippen LogP contribution in [0.1, 0.15) is 25.7 Å². The number of nitrogen functional groups attached to an aromatic ring is 1. The second kappa shape index (κ2) is 7.03. The van der Waals surface area contributed by atoms with Gasteiger partial charge in [0.25, 0.3) is 0 Å². The van der Waals surface area contributed by atoms with Crippen LogP contribution in [0.2, 0.25) is 0 Å². The van der Waals surface area contributed by atoms with Crippen molar-refractivity contribution in [2.75, 3.05) is 30.8 Å². The van der Waals surface area contributed by atoms with Gasteiger partial charge in [-0.15, -0.1) is 0 Å². The van der Waals surface area contributed by atoms with Gasteiger partial charge in [0.2, 0.25) is 0 Å². The molecule has 4 N–H and O–H groups in total. The van der Waals surface area contributed by atoms with Gasteiger partial charge in [-0.3, -0.25) is 4.72 Å². The monoisotopic (exact) mass is 281 g/mol. The molecule has 0 aromatic heterocycles. The lowest BCUT2D eigenvalue weighted by atomic mass is 9.98. The fourth-order valence-electron chi connectivity index (χ4n) is 2.74. The Morgan fingerprint density at radius 2 is 2.32 bits per heavy atom. The summed E-state index contributed by atoms with van der Waals surface area (Å²) in [6.07, 6.45) is 4.42. The van der Waals surface area contributed by atoms with Crippen LogP contribution in [0, 0.1) is 0 Å². The van der Waals surface area contributed by atoms with Crippen molar-refractivity contribution in [3.05, 3.63) is 18.2 Å². The predicted molar refractivity (Wildman–Crippen MR) is 82.5 cm³/mol. The summed E-state index contributed by atoms with van der Waals surface area (Å²) in [6.45, 7) is 1.28. The van der Waals surface area contributed by atoms with Gasteiger partial charge in [0.1, 0.15) is 0 Å². The lowest BCUT2D eigenvalue weighted by molar-refractivity contribution is 0.262. The molecule has 0 amide bonds. The Bertz CT molecular complexity index is 412. The Balaban J connectivity index is 2.18. The largest absolute Gasteiger partial charge is 0.397 e. The first kappa shape index (κ1) is 14.5. The van der Waals surface area contributed by atoms with E-state index in [2.05, 4.69) is 21.8 Å². The molecule has 106 valence electrons. The molecule has 1 aromatic carbocycles. The molecule has 0 spiro atoms. The fraction of sp³-hybridized carbons (Fsp3) is 0.571. The predicted octanol–water partition coefficient (Wildman–Crippen LogP) is 2.24. The summed E-state index contributed by atoms with van der Waals surface area (Å²) in [7, 11) is 1.90. The number of benzene rings is 1. The maximum Gasteiger partial charge on any atom is 0.0603 e. The van der Waals surface area contributed by atoms with Gasteiger partial charge in [0, 0.05) is 24.1 Å². The number of hydrogen-bond donors (Lipinski definition) is 3. The molecular formula is C14H23N3OS. The van der Waals surface area contributed by atoms with Crippen molar-refractivity contribution in [3.8, 4) is 0 Å². The van der Waals surface area contributed by atoms with Crippen LogP contribution in [-0.4, -0.2) is 31.3 Å². The van der Waals surface area contributed by atoms with Gasteiger partial charge in [-0.05, 0) is 62.9 Å². The highest BCUT2D eigenvalue weighted by atomic mass is 32.2. The van der Waals surface area contributed by atoms with Crippen molar-refractivity contribution in [1.82, 2.24) is 4.72 Å². The standard InChI is InChI=1S/C14H23N3OS/c1-16-19-12-5-6-14(13(15)10-12)17-8-3-2-4-11(17)7-9-18/h5-6,10-11,16,18H,2-4,7-9,15H2,1H3. The minimum atomic E-state index is 0.245. The number of nitrogens with two attached hydrogens (primary N) is 1. The van der Waals surface area contributed by atoms with Gasteiger partial charge in [-0.1, -0.05) is 0 Å². The zero-order valence-corrected chi connectivity index (χ0v) is 12.2. The molecule has 1 fully saturated rings. The van der Waals surface area contributed by atoms with Crippen LogP contribution in [0.15, 0.2) is 23.1 Å². The van der Waals surface area contributed by atoms with Gasteiger partial charge < -0.3 is 15.7 Å². The highest BCUT2D eigenvalue weighted by Crippen LogP contribution is 2.33. The van der Waals surface area contributed by atoms with E-state index in [1.807, 2.05) is 13.1 Å². The molecule has 0 aliphatic carbocycles. The molecule has 1 unspecified atom stereocenters. The molecule has 0 radical (unpaired) electrons. The number of rotatable bonds is 5. The Morgan fingerprint density at radius 3 is 3.00 bits per heavy atom. The summed E-state index contributed by atoms with van der Waals surface area (Å²) in [4.78, 5) is 3.49. The summed E-state index contributed by atoms with van der Waals surface area (Å²) >= 11 is 1.57. The number of anilines is 2. The number of piperidine rings is 1. The molecule has 0 bridgehead atoms. The van der Waals surface area contributed by atoms with Crippen molar-refractivity contribution >= 4 is 23.3 Å². The van der Waals surface area contributed by atoms with Crippen molar-refractivity contribution in [1.29, 1.82) is 0 Å². The highest BCUT2D eigenvalue weighted by molar-refractivity contribution is 7.97. The van der Waals surface area contributed by atoms with E-state index in [0.29, 0.717) is 6.04 Å². The Kier molecular flexibility index (Phi) is 5.36. The first-order chi connectivity index (χ1) is 9.26. The molecule has 1 heterocycles. The lowest BCUT2D eigenvalue weighted by Crippen LogP contribution is -2.40. The van der Waals surface area contributed by atoms with E-state index >= 15 is 0 Å². The maximum atomic E-state index is 9.20. The SMILES string of the molecule is CNSc1ccc(N2CCCCC2CCO)c(N)c1. The molecule has 1 aliphatic heterocycles. The fourth-order valence-corrected chi connectivity index (χ4v) is 3.30. The quantitative estimate of drug-likeness (QED) is 0.571. The number of nitrogens with one attached hydrogen (secondary N) is 1. The Hall–Kier alpha value is -0.910. The van der Waals surface area contributed by atoms with Gasteiger partial charge in [0.05, 0.1) is 11.4 Å². The first-order valence-electron chi connectivity index (χ1n) is 6.87. The second-order valence-corrected chi connectivity index (χ2v) is 5.97. The molecule has 1 aromatic rings. The average molecular weight is 281 g/mol. The third-order valence-electron chi connectivity index (χ3n) is 3.62. The third-order valence-corrected chi connectivity index (χ3v) is 4.31. The molecule has 2 rings (SSSR count). The molecule has 1 atom stereocenters. The molecule has 4 nitrogen and oxygen atoms in total. The zero-order valence-electron chi connectivity index (χ0n) is 11.4. The Morgan fingerprint density at radius 1 is 1.47 bits per heavy atom. The summed E-state index contributed by atoms with van der Waals surface area (Å²) < 4.78 is 3.05. The second-order valence-electron chi connectivity index (χ2n) is 4.88. The summed E-state index contributed by atoms with van der Waals surface area (Å²) in [5.41, 5.74) is 8.13. The minimum absolute atomic E-state index is 0.245. The molecule has 0 saturated carbocycles. The zero-order chi connectivity index (χ0) is 13.7. The Labute approximate surface area is 119 Å². The number of nitrogens with zero attached hydrogens (tertiary/aromatic N) is 1. The molecule has 1 aliphatic rings. The molecule has 19 heavy (non-hydrogen) atoms. The molecule has 1 saturated heterocycles. The van der Waals surface area contributed by atoms with Gasteiger partial charge in [0.15, 0.2) is 0 Å². The number of aliphatic hydroxyl groups is 1. The van der Waals surface area contributed by atoms with Crippen molar-refractivity contribution in [2.24, 2.45) is 0 Å². The summed E-state index contributed by atoms with van der Waals surface area (Å²) in [5.74, 6) is 0. The topological polar surface area (TPSA) is 61.5 Å². The van der Waals surface area contributed by atoms with Crippen LogP contribution in [0.5, 0.6) is 0 Å². The van der Waals surface area contributed by atoms with E-state index in [0.717, 1.165) is 35.7 Å². The van der Waals surface area contributed by atoms with Crippen LogP contribution in [-0.2, 0) is 0 Å². The number of aliphatic hydroxyl groups excluding tert-OH is 1. The van der Waals surface area contributed by atoms with E-state index in [1.54, 1.807) is 11.9 Å². The summed E-state index contributed by atoms with van der Waals surface area (Å²) in [6, 6.07) is 6.63.